The van der Waals surface area contributed by atoms with Crippen LogP contribution in [0.3, 0.4) is 0 Å². The first-order chi connectivity index (χ1) is 9.83. The van der Waals surface area contributed by atoms with Crippen LogP contribution in [0, 0.1) is 0 Å². The zero-order valence-electron chi connectivity index (χ0n) is 11.9. The fourth-order valence-electron chi connectivity index (χ4n) is 2.06. The van der Waals surface area contributed by atoms with E-state index in [2.05, 4.69) is 18.3 Å². The molecule has 1 aliphatic heterocycles. The van der Waals surface area contributed by atoms with Gasteiger partial charge in [-0.2, -0.15) is 0 Å². The van der Waals surface area contributed by atoms with E-state index in [1.807, 2.05) is 12.1 Å². The van der Waals surface area contributed by atoms with Crippen LogP contribution >= 0.6 is 11.8 Å². The van der Waals surface area contributed by atoms with Gasteiger partial charge in [0, 0.05) is 23.3 Å². The van der Waals surface area contributed by atoms with Crippen LogP contribution in [-0.2, 0) is 0 Å². The third-order valence-electron chi connectivity index (χ3n) is 3.13. The summed E-state index contributed by atoms with van der Waals surface area (Å²) in [5, 5.41) is 12.6. The largest absolute Gasteiger partial charge is 0.486 e. The molecule has 1 heterocycles. The zero-order valence-corrected chi connectivity index (χ0v) is 12.7. The second-order valence-corrected chi connectivity index (χ2v) is 5.87. The van der Waals surface area contributed by atoms with Crippen LogP contribution < -0.4 is 14.8 Å². The van der Waals surface area contributed by atoms with Crippen molar-refractivity contribution in [1.82, 2.24) is 5.32 Å². The number of ether oxygens (including phenoxy) is 2. The van der Waals surface area contributed by atoms with Crippen molar-refractivity contribution in [1.29, 1.82) is 0 Å². The van der Waals surface area contributed by atoms with Gasteiger partial charge >= 0.3 is 0 Å². The first-order valence-electron chi connectivity index (χ1n) is 7.20. The van der Waals surface area contributed by atoms with E-state index < -0.39 is 0 Å². The maximum Gasteiger partial charge on any atom is 0.162 e. The van der Waals surface area contributed by atoms with E-state index in [-0.39, 0.29) is 6.61 Å². The first-order valence-corrected chi connectivity index (χ1v) is 8.18. The summed E-state index contributed by atoms with van der Waals surface area (Å²) in [6.45, 7) is 4.61. The van der Waals surface area contributed by atoms with Crippen molar-refractivity contribution < 1.29 is 14.6 Å². The molecule has 1 atom stereocenters. The molecule has 4 nitrogen and oxygen atoms in total. The molecule has 0 aliphatic carbocycles. The van der Waals surface area contributed by atoms with Gasteiger partial charge < -0.3 is 19.9 Å². The molecule has 112 valence electrons. The molecule has 0 saturated carbocycles. The molecule has 2 rings (SSSR count). The van der Waals surface area contributed by atoms with Gasteiger partial charge in [0.2, 0.25) is 0 Å². The molecule has 0 aromatic heterocycles. The van der Waals surface area contributed by atoms with E-state index in [4.69, 9.17) is 14.6 Å². The monoisotopic (exact) mass is 297 g/mol. The summed E-state index contributed by atoms with van der Waals surface area (Å²) in [5.74, 6) is 2.61. The van der Waals surface area contributed by atoms with E-state index in [1.165, 1.54) is 4.90 Å². The lowest BCUT2D eigenvalue weighted by molar-refractivity contribution is 0.171. The Bertz CT molecular complexity index is 414. The van der Waals surface area contributed by atoms with Gasteiger partial charge in [0.05, 0.1) is 0 Å². The quantitative estimate of drug-likeness (QED) is 0.721. The van der Waals surface area contributed by atoms with E-state index in [0.717, 1.165) is 36.6 Å². The van der Waals surface area contributed by atoms with Gasteiger partial charge in [-0.15, -0.1) is 11.8 Å². The summed E-state index contributed by atoms with van der Waals surface area (Å²) < 4.78 is 11.1. The minimum absolute atomic E-state index is 0.225. The Morgan fingerprint density at radius 2 is 2.10 bits per heavy atom. The number of aliphatic hydroxyl groups excluding tert-OH is 1. The topological polar surface area (TPSA) is 50.7 Å². The van der Waals surface area contributed by atoms with Crippen LogP contribution in [0.15, 0.2) is 23.1 Å². The van der Waals surface area contributed by atoms with Crippen LogP contribution in [0.4, 0.5) is 0 Å². The molecular weight excluding hydrogens is 274 g/mol. The molecule has 0 spiro atoms. The number of nitrogens with one attached hydrogen (secondary N) is 1. The predicted octanol–water partition coefficient (Wildman–Crippen LogP) is 2.30. The number of hydrogen-bond acceptors (Lipinski definition) is 5. The Labute approximate surface area is 124 Å². The Balaban J connectivity index is 1.88. The molecule has 0 fully saturated rings. The van der Waals surface area contributed by atoms with Crippen molar-refractivity contribution >= 4 is 11.8 Å². The molecule has 0 bridgehead atoms. The van der Waals surface area contributed by atoms with E-state index in [1.54, 1.807) is 11.8 Å². The molecule has 20 heavy (non-hydrogen) atoms. The molecule has 0 amide bonds. The fraction of sp³-hybridized carbons (Fsp3) is 0.600. The number of aliphatic hydroxyl groups is 1. The molecule has 5 heteroatoms. The average molecular weight is 297 g/mol. The zero-order chi connectivity index (χ0) is 14.2. The lowest BCUT2D eigenvalue weighted by atomic mass is 10.2. The van der Waals surface area contributed by atoms with E-state index in [9.17, 15) is 0 Å². The first kappa shape index (κ1) is 15.5. The summed E-state index contributed by atoms with van der Waals surface area (Å²) in [6, 6.07) is 6.42. The van der Waals surface area contributed by atoms with Gasteiger partial charge in [-0.1, -0.05) is 6.92 Å². The standard InChI is InChI=1S/C15H23NO3S/c1-2-6-16-12(5-7-17)11-20-13-3-4-14-15(10-13)19-9-8-18-14/h3-4,10,12,16-17H,2,5-9,11H2,1H3. The number of benzene rings is 1. The highest BCUT2D eigenvalue weighted by atomic mass is 32.2. The highest BCUT2D eigenvalue weighted by molar-refractivity contribution is 7.99. The summed E-state index contributed by atoms with van der Waals surface area (Å²) in [6.07, 6.45) is 1.90. The van der Waals surface area contributed by atoms with Gasteiger partial charge in [0.1, 0.15) is 13.2 Å². The third kappa shape index (κ3) is 4.58. The highest BCUT2D eigenvalue weighted by Crippen LogP contribution is 2.34. The Morgan fingerprint density at radius 1 is 1.30 bits per heavy atom. The fourth-order valence-corrected chi connectivity index (χ4v) is 3.09. The lowest BCUT2D eigenvalue weighted by Crippen LogP contribution is -2.32. The molecule has 2 N–H and O–H groups in total. The van der Waals surface area contributed by atoms with Crippen molar-refractivity contribution in [2.75, 3.05) is 32.1 Å². The Hall–Kier alpha value is -0.910. The minimum atomic E-state index is 0.225. The number of fused-ring (bicyclic) bond motifs is 1. The smallest absolute Gasteiger partial charge is 0.162 e. The summed E-state index contributed by atoms with van der Waals surface area (Å²) in [5.41, 5.74) is 0. The van der Waals surface area contributed by atoms with Gasteiger partial charge in [0.15, 0.2) is 11.5 Å². The van der Waals surface area contributed by atoms with Crippen molar-refractivity contribution in [2.24, 2.45) is 0 Å². The molecule has 1 unspecified atom stereocenters. The normalized spacial score (nSPS) is 15.1. The molecule has 0 saturated heterocycles. The SMILES string of the molecule is CCCNC(CCO)CSc1ccc2c(c1)OCCO2. The minimum Gasteiger partial charge on any atom is -0.486 e. The molecule has 1 aromatic carbocycles. The Kier molecular flexibility index (Phi) is 6.50. The van der Waals surface area contributed by atoms with Gasteiger partial charge in [-0.3, -0.25) is 0 Å². The molecular formula is C15H23NO3S. The van der Waals surface area contributed by atoms with Gasteiger partial charge in [0.25, 0.3) is 0 Å². The third-order valence-corrected chi connectivity index (χ3v) is 4.28. The molecule has 1 aromatic rings. The lowest BCUT2D eigenvalue weighted by Gasteiger charge is -2.20. The van der Waals surface area contributed by atoms with Crippen LogP contribution in [0.5, 0.6) is 11.5 Å². The molecule has 0 radical (unpaired) electrons. The maximum atomic E-state index is 9.11. The predicted molar refractivity (Wildman–Crippen MR) is 81.9 cm³/mol. The van der Waals surface area contributed by atoms with Crippen molar-refractivity contribution in [3.63, 3.8) is 0 Å². The highest BCUT2D eigenvalue weighted by Gasteiger charge is 2.13. The van der Waals surface area contributed by atoms with Gasteiger partial charge in [-0.05, 0) is 37.6 Å². The maximum absolute atomic E-state index is 9.11. The average Bonchev–Trinajstić information content (AvgIpc) is 2.50. The van der Waals surface area contributed by atoms with Crippen molar-refractivity contribution in [2.45, 2.75) is 30.7 Å². The van der Waals surface area contributed by atoms with Crippen molar-refractivity contribution in [3.8, 4) is 11.5 Å². The number of hydrogen-bond donors (Lipinski definition) is 2. The molecule has 1 aliphatic rings. The van der Waals surface area contributed by atoms with Crippen LogP contribution in [0.25, 0.3) is 0 Å². The number of thioether (sulfide) groups is 1. The summed E-state index contributed by atoms with van der Waals surface area (Å²) >= 11 is 1.78. The van der Waals surface area contributed by atoms with E-state index in [0.29, 0.717) is 19.3 Å². The van der Waals surface area contributed by atoms with E-state index >= 15 is 0 Å². The summed E-state index contributed by atoms with van der Waals surface area (Å²) in [4.78, 5) is 1.18. The summed E-state index contributed by atoms with van der Waals surface area (Å²) in [7, 11) is 0. The van der Waals surface area contributed by atoms with Gasteiger partial charge in [-0.25, -0.2) is 0 Å². The van der Waals surface area contributed by atoms with Crippen LogP contribution in [0.2, 0.25) is 0 Å². The second kappa shape index (κ2) is 8.39. The van der Waals surface area contributed by atoms with Crippen molar-refractivity contribution in [3.05, 3.63) is 18.2 Å². The van der Waals surface area contributed by atoms with Crippen LogP contribution in [0.1, 0.15) is 19.8 Å². The Morgan fingerprint density at radius 3 is 2.85 bits per heavy atom. The second-order valence-electron chi connectivity index (χ2n) is 4.78. The number of rotatable bonds is 8. The van der Waals surface area contributed by atoms with Crippen LogP contribution in [-0.4, -0.2) is 43.3 Å².